The Morgan fingerprint density at radius 2 is 1.79 bits per heavy atom. The number of nitrogens with one attached hydrogen (secondary N) is 2. The Bertz CT molecular complexity index is 1000. The normalized spacial score (nSPS) is 11.5. The molecule has 10 heteroatoms. The molecule has 3 rings (SSSR count). The third-order valence-electron chi connectivity index (χ3n) is 3.94. The van der Waals surface area contributed by atoms with Gasteiger partial charge in [0.2, 0.25) is 5.91 Å². The molecule has 0 spiro atoms. The number of carbonyl (C=O) groups excluding carboxylic acids is 2. The SMILES string of the molecule is CC(C(=O)Nc1ccc(NC(=O)c2cccc([N+](=O)[O-])c2)cc1)n1cncn1. The lowest BCUT2D eigenvalue weighted by atomic mass is 10.2. The van der Waals surface area contributed by atoms with Gasteiger partial charge in [0.15, 0.2) is 0 Å². The van der Waals surface area contributed by atoms with Crippen LogP contribution in [0.1, 0.15) is 23.3 Å². The fourth-order valence-electron chi connectivity index (χ4n) is 2.39. The Labute approximate surface area is 159 Å². The second-order valence-electron chi connectivity index (χ2n) is 5.88. The number of rotatable bonds is 6. The number of nitrogens with zero attached hydrogens (tertiary/aromatic N) is 4. The quantitative estimate of drug-likeness (QED) is 0.499. The van der Waals surface area contributed by atoms with Crippen LogP contribution in [0, 0.1) is 10.1 Å². The van der Waals surface area contributed by atoms with Gasteiger partial charge in [0.05, 0.1) is 4.92 Å². The topological polar surface area (TPSA) is 132 Å². The summed E-state index contributed by atoms with van der Waals surface area (Å²) in [5, 5.41) is 20.1. The molecule has 2 aromatic carbocycles. The first kappa shape index (κ1) is 18.7. The molecule has 1 atom stereocenters. The average Bonchev–Trinajstić information content (AvgIpc) is 3.23. The van der Waals surface area contributed by atoms with Gasteiger partial charge in [0.1, 0.15) is 18.7 Å². The Hall–Kier alpha value is -4.08. The Kier molecular flexibility index (Phi) is 5.40. The van der Waals surface area contributed by atoms with Gasteiger partial charge in [-0.3, -0.25) is 19.7 Å². The minimum absolute atomic E-state index is 0.160. The number of hydrogen-bond donors (Lipinski definition) is 2. The van der Waals surface area contributed by atoms with Crippen LogP contribution in [0.25, 0.3) is 0 Å². The fraction of sp³-hybridized carbons (Fsp3) is 0.111. The van der Waals surface area contributed by atoms with Crippen LogP contribution in [-0.2, 0) is 4.79 Å². The molecule has 0 aliphatic rings. The third-order valence-corrected chi connectivity index (χ3v) is 3.94. The minimum atomic E-state index is -0.561. The van der Waals surface area contributed by atoms with Gasteiger partial charge in [-0.25, -0.2) is 9.67 Å². The van der Waals surface area contributed by atoms with Gasteiger partial charge in [-0.1, -0.05) is 6.07 Å². The molecule has 1 unspecified atom stereocenters. The number of aromatic nitrogens is 3. The van der Waals surface area contributed by atoms with E-state index in [0.29, 0.717) is 11.4 Å². The van der Waals surface area contributed by atoms with E-state index in [0.717, 1.165) is 0 Å². The second-order valence-corrected chi connectivity index (χ2v) is 5.88. The summed E-state index contributed by atoms with van der Waals surface area (Å²) >= 11 is 0. The van der Waals surface area contributed by atoms with Crippen LogP contribution in [0.4, 0.5) is 17.1 Å². The molecule has 0 fully saturated rings. The summed E-state index contributed by atoms with van der Waals surface area (Å²) in [5.41, 5.74) is 1.05. The van der Waals surface area contributed by atoms with Crippen molar-refractivity contribution >= 4 is 28.9 Å². The van der Waals surface area contributed by atoms with E-state index < -0.39 is 16.9 Å². The number of benzene rings is 2. The highest BCUT2D eigenvalue weighted by Crippen LogP contribution is 2.18. The largest absolute Gasteiger partial charge is 0.324 e. The van der Waals surface area contributed by atoms with E-state index in [1.807, 2.05) is 0 Å². The monoisotopic (exact) mass is 380 g/mol. The first-order valence-corrected chi connectivity index (χ1v) is 8.25. The molecule has 28 heavy (non-hydrogen) atoms. The van der Waals surface area contributed by atoms with Crippen molar-refractivity contribution in [3.63, 3.8) is 0 Å². The first-order valence-electron chi connectivity index (χ1n) is 8.25. The van der Waals surface area contributed by atoms with Crippen molar-refractivity contribution < 1.29 is 14.5 Å². The highest BCUT2D eigenvalue weighted by Gasteiger charge is 2.16. The van der Waals surface area contributed by atoms with Crippen molar-refractivity contribution in [2.45, 2.75) is 13.0 Å². The Morgan fingerprint density at radius 1 is 1.11 bits per heavy atom. The maximum Gasteiger partial charge on any atom is 0.270 e. The molecule has 1 aromatic heterocycles. The maximum atomic E-state index is 12.3. The molecule has 0 saturated heterocycles. The molecule has 10 nitrogen and oxygen atoms in total. The highest BCUT2D eigenvalue weighted by molar-refractivity contribution is 6.04. The number of nitro benzene ring substituents is 1. The van der Waals surface area contributed by atoms with Crippen molar-refractivity contribution in [2.75, 3.05) is 10.6 Å². The zero-order chi connectivity index (χ0) is 20.1. The number of non-ortho nitro benzene ring substituents is 1. The third kappa shape index (κ3) is 4.36. The van der Waals surface area contributed by atoms with E-state index in [2.05, 4.69) is 20.7 Å². The van der Waals surface area contributed by atoms with Crippen molar-refractivity contribution in [1.29, 1.82) is 0 Å². The minimum Gasteiger partial charge on any atom is -0.324 e. The molecular formula is C18H16N6O4. The van der Waals surface area contributed by atoms with Crippen LogP contribution < -0.4 is 10.6 Å². The first-order chi connectivity index (χ1) is 13.4. The van der Waals surface area contributed by atoms with Crippen LogP contribution in [0.15, 0.2) is 61.2 Å². The van der Waals surface area contributed by atoms with E-state index in [9.17, 15) is 19.7 Å². The smallest absolute Gasteiger partial charge is 0.270 e. The molecule has 3 aromatic rings. The lowest BCUT2D eigenvalue weighted by molar-refractivity contribution is -0.384. The van der Waals surface area contributed by atoms with Gasteiger partial charge in [0.25, 0.3) is 11.6 Å². The summed E-state index contributed by atoms with van der Waals surface area (Å²) in [4.78, 5) is 38.5. The molecule has 0 aliphatic carbocycles. The van der Waals surface area contributed by atoms with Crippen LogP contribution in [-0.4, -0.2) is 31.5 Å². The molecule has 2 amide bonds. The molecule has 0 saturated carbocycles. The summed E-state index contributed by atoms with van der Waals surface area (Å²) < 4.78 is 1.43. The van der Waals surface area contributed by atoms with E-state index >= 15 is 0 Å². The highest BCUT2D eigenvalue weighted by atomic mass is 16.6. The van der Waals surface area contributed by atoms with Crippen molar-refractivity contribution in [3.8, 4) is 0 Å². The summed E-state index contributed by atoms with van der Waals surface area (Å²) in [5.74, 6) is -0.737. The molecule has 0 bridgehead atoms. The van der Waals surface area contributed by atoms with Crippen LogP contribution in [0.2, 0.25) is 0 Å². The fourth-order valence-corrected chi connectivity index (χ4v) is 2.39. The van der Waals surface area contributed by atoms with E-state index in [4.69, 9.17) is 0 Å². The molecule has 142 valence electrons. The van der Waals surface area contributed by atoms with E-state index in [-0.39, 0.29) is 17.2 Å². The van der Waals surface area contributed by atoms with Crippen LogP contribution in [0.3, 0.4) is 0 Å². The Balaban J connectivity index is 1.63. The number of nitro groups is 1. The zero-order valence-electron chi connectivity index (χ0n) is 14.8. The van der Waals surface area contributed by atoms with Gasteiger partial charge in [-0.2, -0.15) is 5.10 Å². The lowest BCUT2D eigenvalue weighted by Gasteiger charge is -2.12. The van der Waals surface area contributed by atoms with Gasteiger partial charge < -0.3 is 10.6 Å². The summed E-state index contributed by atoms with van der Waals surface area (Å²) in [6.45, 7) is 1.69. The molecular weight excluding hydrogens is 364 g/mol. The Morgan fingerprint density at radius 3 is 2.39 bits per heavy atom. The maximum absolute atomic E-state index is 12.3. The van der Waals surface area contributed by atoms with E-state index in [1.165, 1.54) is 41.6 Å². The van der Waals surface area contributed by atoms with Gasteiger partial charge in [-0.05, 0) is 37.3 Å². The number of carbonyl (C=O) groups is 2. The summed E-state index contributed by atoms with van der Waals surface area (Å²) in [7, 11) is 0. The summed E-state index contributed by atoms with van der Waals surface area (Å²) in [6.07, 6.45) is 2.80. The lowest BCUT2D eigenvalue weighted by Crippen LogP contribution is -2.24. The van der Waals surface area contributed by atoms with Gasteiger partial charge in [-0.15, -0.1) is 0 Å². The summed E-state index contributed by atoms with van der Waals surface area (Å²) in [6, 6.07) is 11.4. The number of amides is 2. The van der Waals surface area contributed by atoms with Gasteiger partial charge >= 0.3 is 0 Å². The number of anilines is 2. The van der Waals surface area contributed by atoms with Crippen molar-refractivity contribution in [3.05, 3.63) is 76.9 Å². The molecule has 0 radical (unpaired) electrons. The van der Waals surface area contributed by atoms with Crippen LogP contribution in [0.5, 0.6) is 0 Å². The number of hydrogen-bond acceptors (Lipinski definition) is 6. The van der Waals surface area contributed by atoms with Crippen LogP contribution >= 0.6 is 0 Å². The van der Waals surface area contributed by atoms with Gasteiger partial charge in [0, 0.05) is 29.1 Å². The standard InChI is InChI=1S/C18H16N6O4/c1-12(23-11-19-10-20-23)17(25)21-14-5-7-15(8-6-14)22-18(26)13-3-2-4-16(9-13)24(27)28/h2-12H,1H3,(H,21,25)(H,22,26). The predicted octanol–water partition coefficient (Wildman–Crippen LogP) is 2.64. The predicted molar refractivity (Wildman–Crippen MR) is 101 cm³/mol. The molecule has 1 heterocycles. The molecule has 0 aliphatic heterocycles. The average molecular weight is 380 g/mol. The zero-order valence-corrected chi connectivity index (χ0v) is 14.8. The van der Waals surface area contributed by atoms with E-state index in [1.54, 1.807) is 31.2 Å². The molecule has 2 N–H and O–H groups in total. The van der Waals surface area contributed by atoms with Crippen molar-refractivity contribution in [1.82, 2.24) is 14.8 Å². The second kappa shape index (κ2) is 8.08. The van der Waals surface area contributed by atoms with Crippen molar-refractivity contribution in [2.24, 2.45) is 0 Å².